The van der Waals surface area contributed by atoms with Gasteiger partial charge in [-0.05, 0) is 31.7 Å². The summed E-state index contributed by atoms with van der Waals surface area (Å²) in [7, 11) is 0. The predicted molar refractivity (Wildman–Crippen MR) is 82.6 cm³/mol. The van der Waals surface area contributed by atoms with Crippen molar-refractivity contribution in [2.24, 2.45) is 5.92 Å². The van der Waals surface area contributed by atoms with Crippen LogP contribution in [0.25, 0.3) is 11.3 Å². The lowest BCUT2D eigenvalue weighted by Crippen LogP contribution is -2.21. The monoisotopic (exact) mass is 288 g/mol. The van der Waals surface area contributed by atoms with E-state index in [0.717, 1.165) is 43.1 Å². The van der Waals surface area contributed by atoms with Gasteiger partial charge in [-0.25, -0.2) is 4.98 Å². The molecule has 1 aliphatic carbocycles. The molecule has 1 aromatic carbocycles. The molecular formula is C16H20N2OS. The smallest absolute Gasteiger partial charge is 0.107 e. The first-order chi connectivity index (χ1) is 9.81. The molecule has 2 unspecified atom stereocenters. The highest BCUT2D eigenvalue weighted by molar-refractivity contribution is 7.09. The zero-order valence-electron chi connectivity index (χ0n) is 11.5. The van der Waals surface area contributed by atoms with E-state index in [1.807, 2.05) is 18.2 Å². The molecule has 0 radical (unpaired) electrons. The van der Waals surface area contributed by atoms with Crippen LogP contribution in [0.15, 0.2) is 35.7 Å². The molecule has 3 rings (SSSR count). The largest absolute Gasteiger partial charge is 0.393 e. The second kappa shape index (κ2) is 6.48. The number of nitrogens with one attached hydrogen (secondary N) is 1. The minimum Gasteiger partial charge on any atom is -0.393 e. The van der Waals surface area contributed by atoms with Crippen molar-refractivity contribution in [3.05, 3.63) is 40.7 Å². The van der Waals surface area contributed by atoms with Crippen LogP contribution in [0.5, 0.6) is 0 Å². The highest BCUT2D eigenvalue weighted by Crippen LogP contribution is 2.25. The number of benzene rings is 1. The number of thiazole rings is 1. The third-order valence-electron chi connectivity index (χ3n) is 3.84. The van der Waals surface area contributed by atoms with Crippen LogP contribution in [0, 0.1) is 5.92 Å². The van der Waals surface area contributed by atoms with E-state index in [1.165, 1.54) is 5.56 Å². The molecular weight excluding hydrogens is 268 g/mol. The van der Waals surface area contributed by atoms with Gasteiger partial charge in [-0.3, -0.25) is 0 Å². The average Bonchev–Trinajstić information content (AvgIpc) is 3.09. The molecule has 2 atom stereocenters. The summed E-state index contributed by atoms with van der Waals surface area (Å²) in [4.78, 5) is 4.67. The second-order valence-corrected chi connectivity index (χ2v) is 6.40. The van der Waals surface area contributed by atoms with Gasteiger partial charge in [-0.2, -0.15) is 0 Å². The summed E-state index contributed by atoms with van der Waals surface area (Å²) in [6, 6.07) is 10.3. The molecule has 20 heavy (non-hydrogen) atoms. The van der Waals surface area contributed by atoms with Gasteiger partial charge in [0.25, 0.3) is 0 Å². The third-order valence-corrected chi connectivity index (χ3v) is 4.69. The number of aromatic nitrogens is 1. The van der Waals surface area contributed by atoms with E-state index in [4.69, 9.17) is 0 Å². The zero-order chi connectivity index (χ0) is 13.8. The van der Waals surface area contributed by atoms with Gasteiger partial charge in [0.1, 0.15) is 5.01 Å². The molecule has 0 saturated heterocycles. The molecule has 4 heteroatoms. The maximum Gasteiger partial charge on any atom is 0.107 e. The zero-order valence-corrected chi connectivity index (χ0v) is 12.3. The van der Waals surface area contributed by atoms with Gasteiger partial charge in [0.15, 0.2) is 0 Å². The van der Waals surface area contributed by atoms with Crippen LogP contribution in [-0.2, 0) is 6.54 Å². The highest BCUT2D eigenvalue weighted by atomic mass is 32.1. The van der Waals surface area contributed by atoms with E-state index in [-0.39, 0.29) is 6.10 Å². The highest BCUT2D eigenvalue weighted by Gasteiger charge is 2.22. The Bertz CT molecular complexity index is 540. The lowest BCUT2D eigenvalue weighted by Gasteiger charge is -2.09. The Kier molecular flexibility index (Phi) is 4.45. The van der Waals surface area contributed by atoms with Crippen molar-refractivity contribution in [3.8, 4) is 11.3 Å². The molecule has 0 spiro atoms. The van der Waals surface area contributed by atoms with Gasteiger partial charge in [-0.15, -0.1) is 11.3 Å². The van der Waals surface area contributed by atoms with Crippen LogP contribution in [0.3, 0.4) is 0 Å². The van der Waals surface area contributed by atoms with Crippen LogP contribution < -0.4 is 5.32 Å². The molecule has 2 N–H and O–H groups in total. The average molecular weight is 288 g/mol. The molecule has 0 aliphatic heterocycles. The molecule has 1 heterocycles. The Hall–Kier alpha value is -1.23. The quantitative estimate of drug-likeness (QED) is 0.889. The normalized spacial score (nSPS) is 22.2. The van der Waals surface area contributed by atoms with E-state index in [1.54, 1.807) is 11.3 Å². The van der Waals surface area contributed by atoms with Gasteiger partial charge in [-0.1, -0.05) is 30.3 Å². The number of hydrogen-bond acceptors (Lipinski definition) is 4. The number of aliphatic hydroxyl groups excluding tert-OH is 1. The van der Waals surface area contributed by atoms with Crippen molar-refractivity contribution in [2.75, 3.05) is 6.54 Å². The van der Waals surface area contributed by atoms with Crippen molar-refractivity contribution in [3.63, 3.8) is 0 Å². The lowest BCUT2D eigenvalue weighted by atomic mass is 10.1. The minimum absolute atomic E-state index is 0.0775. The molecule has 1 aromatic heterocycles. The maximum atomic E-state index is 9.51. The van der Waals surface area contributed by atoms with E-state index in [9.17, 15) is 5.11 Å². The molecule has 0 amide bonds. The first-order valence-corrected chi connectivity index (χ1v) is 8.08. The Balaban J connectivity index is 1.50. The van der Waals surface area contributed by atoms with Crippen LogP contribution in [0.4, 0.5) is 0 Å². The van der Waals surface area contributed by atoms with Gasteiger partial charge in [0, 0.05) is 17.5 Å². The van der Waals surface area contributed by atoms with Gasteiger partial charge >= 0.3 is 0 Å². The standard InChI is InChI=1S/C16H20N2OS/c19-14-7-6-12(8-14)9-17-10-16-18-15(11-20-16)13-4-2-1-3-5-13/h1-5,11-12,14,17,19H,6-10H2. The topological polar surface area (TPSA) is 45.1 Å². The fourth-order valence-corrected chi connectivity index (χ4v) is 3.52. The van der Waals surface area contributed by atoms with Crippen LogP contribution in [0.1, 0.15) is 24.3 Å². The summed E-state index contributed by atoms with van der Waals surface area (Å²) >= 11 is 1.70. The molecule has 0 bridgehead atoms. The van der Waals surface area contributed by atoms with Crippen molar-refractivity contribution in [2.45, 2.75) is 31.9 Å². The van der Waals surface area contributed by atoms with E-state index >= 15 is 0 Å². The Morgan fingerprint density at radius 3 is 2.85 bits per heavy atom. The minimum atomic E-state index is -0.0775. The number of aliphatic hydroxyl groups is 1. The molecule has 106 valence electrons. The summed E-state index contributed by atoms with van der Waals surface area (Å²) in [5.74, 6) is 0.624. The van der Waals surface area contributed by atoms with Crippen LogP contribution >= 0.6 is 11.3 Å². The van der Waals surface area contributed by atoms with Gasteiger partial charge in [0.05, 0.1) is 11.8 Å². The first-order valence-electron chi connectivity index (χ1n) is 7.20. The number of hydrogen-bond donors (Lipinski definition) is 2. The Morgan fingerprint density at radius 1 is 1.25 bits per heavy atom. The van der Waals surface area contributed by atoms with Crippen molar-refractivity contribution < 1.29 is 5.11 Å². The number of nitrogens with zero attached hydrogens (tertiary/aromatic N) is 1. The number of rotatable bonds is 5. The van der Waals surface area contributed by atoms with Crippen LogP contribution in [-0.4, -0.2) is 22.7 Å². The SMILES string of the molecule is OC1CCC(CNCc2nc(-c3ccccc3)cs2)C1. The van der Waals surface area contributed by atoms with Gasteiger partial charge < -0.3 is 10.4 Å². The molecule has 1 fully saturated rings. The second-order valence-electron chi connectivity index (χ2n) is 5.46. The molecule has 2 aromatic rings. The molecule has 1 aliphatic rings. The predicted octanol–water partition coefficient (Wildman–Crippen LogP) is 3.06. The Labute approximate surface area is 123 Å². The Morgan fingerprint density at radius 2 is 2.10 bits per heavy atom. The summed E-state index contributed by atoms with van der Waals surface area (Å²) < 4.78 is 0. The van der Waals surface area contributed by atoms with E-state index < -0.39 is 0 Å². The van der Waals surface area contributed by atoms with E-state index in [2.05, 4.69) is 27.8 Å². The third kappa shape index (κ3) is 3.45. The summed E-state index contributed by atoms with van der Waals surface area (Å²) in [6.45, 7) is 1.81. The molecule has 1 saturated carbocycles. The first kappa shape index (κ1) is 13.7. The fraction of sp³-hybridized carbons (Fsp3) is 0.438. The van der Waals surface area contributed by atoms with Crippen molar-refractivity contribution in [1.82, 2.24) is 10.3 Å². The van der Waals surface area contributed by atoms with E-state index in [0.29, 0.717) is 5.92 Å². The lowest BCUT2D eigenvalue weighted by molar-refractivity contribution is 0.177. The summed E-state index contributed by atoms with van der Waals surface area (Å²) in [6.07, 6.45) is 2.97. The van der Waals surface area contributed by atoms with Gasteiger partial charge in [0.2, 0.25) is 0 Å². The maximum absolute atomic E-state index is 9.51. The van der Waals surface area contributed by atoms with Crippen molar-refractivity contribution >= 4 is 11.3 Å². The van der Waals surface area contributed by atoms with Crippen LogP contribution in [0.2, 0.25) is 0 Å². The van der Waals surface area contributed by atoms with Crippen molar-refractivity contribution in [1.29, 1.82) is 0 Å². The summed E-state index contributed by atoms with van der Waals surface area (Å²) in [5.41, 5.74) is 2.23. The molecule has 3 nitrogen and oxygen atoms in total. The summed E-state index contributed by atoms with van der Waals surface area (Å²) in [5, 5.41) is 16.2. The fourth-order valence-electron chi connectivity index (χ4n) is 2.75.